The molecule has 0 aliphatic rings. The van der Waals surface area contributed by atoms with Crippen molar-refractivity contribution in [1.29, 1.82) is 0 Å². The quantitative estimate of drug-likeness (QED) is 0.473. The number of benzene rings is 2. The zero-order chi connectivity index (χ0) is 21.5. The van der Waals surface area contributed by atoms with Gasteiger partial charge in [0.15, 0.2) is 0 Å². The maximum absolute atomic E-state index is 12.9. The molecule has 2 heterocycles. The van der Waals surface area contributed by atoms with Gasteiger partial charge < -0.3 is 13.7 Å². The molecule has 30 heavy (non-hydrogen) atoms. The fourth-order valence-electron chi connectivity index (χ4n) is 3.40. The molecule has 0 aliphatic carbocycles. The molecule has 1 atom stereocenters. The van der Waals surface area contributed by atoms with Gasteiger partial charge >= 0.3 is 5.97 Å². The number of furan rings is 1. The molecule has 0 spiro atoms. The predicted molar refractivity (Wildman–Crippen MR) is 114 cm³/mol. The molecule has 1 N–H and O–H groups in total. The molecule has 2 aromatic carbocycles. The molecule has 0 bridgehead atoms. The van der Waals surface area contributed by atoms with Crippen molar-refractivity contribution in [1.82, 2.24) is 9.29 Å². The minimum Gasteiger partial charge on any atom is -0.468 e. The molecule has 0 unspecified atom stereocenters. The molecule has 4 aromatic rings. The Balaban J connectivity index is 1.75. The van der Waals surface area contributed by atoms with E-state index in [2.05, 4.69) is 4.72 Å². The summed E-state index contributed by atoms with van der Waals surface area (Å²) in [6, 6.07) is 13.3. The summed E-state index contributed by atoms with van der Waals surface area (Å²) in [6.07, 6.45) is 3.87. The molecular weight excluding hydrogens is 404 g/mol. The number of carbonyl (C=O) groups is 1. The normalized spacial score (nSPS) is 13.2. The molecule has 156 valence electrons. The fraction of sp³-hybridized carbons (Fsp3) is 0.227. The second kappa shape index (κ2) is 7.62. The molecule has 0 radical (unpaired) electrons. The molecule has 4 rings (SSSR count). The first-order chi connectivity index (χ1) is 14.3. The van der Waals surface area contributed by atoms with Crippen molar-refractivity contribution >= 4 is 37.9 Å². The van der Waals surface area contributed by atoms with Crippen molar-refractivity contribution in [3.63, 3.8) is 0 Å². The standard InChI is InChI=1S/C22H22N2O5S/c1-14(2)21(22(25)28-3)23-30(26,27)16-7-9-19-18(13-16)17-8-6-15(12-20(17)29-19)24-10-4-5-11-24/h4-14,21,23H,1-3H3/t21-/m1/s1. The van der Waals surface area contributed by atoms with Gasteiger partial charge in [0.2, 0.25) is 10.0 Å². The van der Waals surface area contributed by atoms with E-state index in [0.717, 1.165) is 11.1 Å². The summed E-state index contributed by atoms with van der Waals surface area (Å²) in [5.74, 6) is -0.890. The Kier molecular flexibility index (Phi) is 5.13. The number of nitrogens with one attached hydrogen (secondary N) is 1. The van der Waals surface area contributed by atoms with Gasteiger partial charge in [0.1, 0.15) is 17.2 Å². The largest absolute Gasteiger partial charge is 0.468 e. The molecular formula is C22H22N2O5S. The number of nitrogens with zero attached hydrogens (tertiary/aromatic N) is 1. The molecule has 8 heteroatoms. The summed E-state index contributed by atoms with van der Waals surface area (Å²) in [5, 5.41) is 1.50. The zero-order valence-corrected chi connectivity index (χ0v) is 17.6. The van der Waals surface area contributed by atoms with Gasteiger partial charge in [0, 0.05) is 34.9 Å². The van der Waals surface area contributed by atoms with Gasteiger partial charge in [-0.3, -0.25) is 4.79 Å². The van der Waals surface area contributed by atoms with Crippen LogP contribution in [0.15, 0.2) is 70.2 Å². The maximum atomic E-state index is 12.9. The Hall–Kier alpha value is -3.10. The van der Waals surface area contributed by atoms with Crippen LogP contribution in [0.2, 0.25) is 0 Å². The van der Waals surface area contributed by atoms with E-state index in [0.29, 0.717) is 16.6 Å². The summed E-state index contributed by atoms with van der Waals surface area (Å²) in [6.45, 7) is 3.50. The molecule has 2 aromatic heterocycles. The molecule has 0 saturated heterocycles. The van der Waals surface area contributed by atoms with E-state index in [1.807, 2.05) is 47.3 Å². The molecule has 0 fully saturated rings. The highest BCUT2D eigenvalue weighted by atomic mass is 32.2. The third-order valence-corrected chi connectivity index (χ3v) is 6.48. The fourth-order valence-corrected chi connectivity index (χ4v) is 4.76. The van der Waals surface area contributed by atoms with Crippen molar-refractivity contribution in [2.75, 3.05) is 7.11 Å². The van der Waals surface area contributed by atoms with Crippen molar-refractivity contribution in [2.45, 2.75) is 24.8 Å². The molecule has 0 amide bonds. The lowest BCUT2D eigenvalue weighted by atomic mass is 10.1. The highest BCUT2D eigenvalue weighted by Crippen LogP contribution is 2.32. The van der Waals surface area contributed by atoms with Gasteiger partial charge in [0.25, 0.3) is 0 Å². The predicted octanol–water partition coefficient (Wildman–Crippen LogP) is 3.85. The summed E-state index contributed by atoms with van der Waals surface area (Å²) in [5.41, 5.74) is 2.19. The first-order valence-corrected chi connectivity index (χ1v) is 11.0. The van der Waals surface area contributed by atoms with Crippen LogP contribution in [-0.4, -0.2) is 32.1 Å². The van der Waals surface area contributed by atoms with Crippen LogP contribution in [0.4, 0.5) is 0 Å². The van der Waals surface area contributed by atoms with Crippen molar-refractivity contribution < 1.29 is 22.4 Å². The van der Waals surface area contributed by atoms with Gasteiger partial charge in [-0.25, -0.2) is 8.42 Å². The molecule has 0 aliphatic heterocycles. The lowest BCUT2D eigenvalue weighted by Crippen LogP contribution is -2.44. The average Bonchev–Trinajstić information content (AvgIpc) is 3.38. The monoisotopic (exact) mass is 426 g/mol. The first kappa shape index (κ1) is 20.2. The summed E-state index contributed by atoms with van der Waals surface area (Å²) in [7, 11) is -2.70. The molecule has 7 nitrogen and oxygen atoms in total. The second-order valence-corrected chi connectivity index (χ2v) is 9.11. The van der Waals surface area contributed by atoms with Gasteiger partial charge in [0.05, 0.1) is 12.0 Å². The van der Waals surface area contributed by atoms with E-state index in [9.17, 15) is 13.2 Å². The topological polar surface area (TPSA) is 90.5 Å². The number of sulfonamides is 1. The Morgan fingerprint density at radius 3 is 2.43 bits per heavy atom. The van der Waals surface area contributed by atoms with Gasteiger partial charge in [-0.15, -0.1) is 0 Å². The van der Waals surface area contributed by atoms with Crippen LogP contribution < -0.4 is 4.72 Å². The number of fused-ring (bicyclic) bond motifs is 3. The second-order valence-electron chi connectivity index (χ2n) is 7.40. The summed E-state index contributed by atoms with van der Waals surface area (Å²) >= 11 is 0. The van der Waals surface area contributed by atoms with Crippen LogP contribution in [0.3, 0.4) is 0 Å². The van der Waals surface area contributed by atoms with Gasteiger partial charge in [-0.1, -0.05) is 13.8 Å². The Morgan fingerprint density at radius 1 is 1.03 bits per heavy atom. The number of rotatable bonds is 6. The number of aromatic nitrogens is 1. The number of methoxy groups -OCH3 is 1. The van der Waals surface area contributed by atoms with Crippen molar-refractivity contribution in [2.24, 2.45) is 5.92 Å². The first-order valence-electron chi connectivity index (χ1n) is 9.50. The van der Waals surface area contributed by atoms with Gasteiger partial charge in [-0.2, -0.15) is 4.72 Å². The highest BCUT2D eigenvalue weighted by Gasteiger charge is 2.29. The minimum atomic E-state index is -3.94. The van der Waals surface area contributed by atoms with E-state index < -0.39 is 22.0 Å². The van der Waals surface area contributed by atoms with Crippen LogP contribution in [-0.2, 0) is 19.6 Å². The smallest absolute Gasteiger partial charge is 0.324 e. The lowest BCUT2D eigenvalue weighted by Gasteiger charge is -2.19. The van der Waals surface area contributed by atoms with Crippen LogP contribution in [0.25, 0.3) is 27.6 Å². The van der Waals surface area contributed by atoms with Crippen LogP contribution in [0.5, 0.6) is 0 Å². The number of esters is 1. The van der Waals surface area contributed by atoms with Crippen molar-refractivity contribution in [3.05, 3.63) is 60.9 Å². The SMILES string of the molecule is COC(=O)[C@H](NS(=O)(=O)c1ccc2oc3cc(-n4cccc4)ccc3c2c1)C(C)C. The van der Waals surface area contributed by atoms with Crippen LogP contribution in [0, 0.1) is 5.92 Å². The third-order valence-electron chi connectivity index (χ3n) is 5.04. The van der Waals surface area contributed by atoms with E-state index in [1.54, 1.807) is 26.0 Å². The minimum absolute atomic E-state index is 0.0572. The zero-order valence-electron chi connectivity index (χ0n) is 16.8. The van der Waals surface area contributed by atoms with Crippen molar-refractivity contribution in [3.8, 4) is 5.69 Å². The number of carbonyl (C=O) groups excluding carboxylic acids is 1. The number of hydrogen-bond acceptors (Lipinski definition) is 5. The highest BCUT2D eigenvalue weighted by molar-refractivity contribution is 7.89. The summed E-state index contributed by atoms with van der Waals surface area (Å²) in [4.78, 5) is 12.0. The number of ether oxygens (including phenoxy) is 1. The Bertz CT molecular complexity index is 1320. The summed E-state index contributed by atoms with van der Waals surface area (Å²) < 4.78 is 40.9. The Labute approximate surface area is 174 Å². The van der Waals surface area contributed by atoms with E-state index >= 15 is 0 Å². The molecule has 0 saturated carbocycles. The Morgan fingerprint density at radius 2 is 1.77 bits per heavy atom. The van der Waals surface area contributed by atoms with E-state index in [1.165, 1.54) is 13.2 Å². The van der Waals surface area contributed by atoms with E-state index in [-0.39, 0.29) is 10.8 Å². The lowest BCUT2D eigenvalue weighted by molar-refractivity contribution is -0.143. The maximum Gasteiger partial charge on any atom is 0.324 e. The third kappa shape index (κ3) is 3.59. The van der Waals surface area contributed by atoms with Crippen LogP contribution in [0.1, 0.15) is 13.8 Å². The van der Waals surface area contributed by atoms with E-state index in [4.69, 9.17) is 9.15 Å². The van der Waals surface area contributed by atoms with Gasteiger partial charge in [-0.05, 0) is 48.4 Å². The average molecular weight is 426 g/mol. The van der Waals surface area contributed by atoms with Crippen LogP contribution >= 0.6 is 0 Å². The number of hydrogen-bond donors (Lipinski definition) is 1.